The Bertz CT molecular complexity index is 679. The van der Waals surface area contributed by atoms with Gasteiger partial charge in [0.2, 0.25) is 5.91 Å². The molecule has 1 aliphatic rings. The number of sulfone groups is 1. The second-order valence-electron chi connectivity index (χ2n) is 7.23. The van der Waals surface area contributed by atoms with Crippen molar-refractivity contribution < 1.29 is 13.2 Å². The van der Waals surface area contributed by atoms with Crippen LogP contribution < -0.4 is 0 Å². The Hall–Kier alpha value is -1.40. The summed E-state index contributed by atoms with van der Waals surface area (Å²) in [5.74, 6) is 0.147. The van der Waals surface area contributed by atoms with Crippen LogP contribution in [-0.4, -0.2) is 57.1 Å². The van der Waals surface area contributed by atoms with Crippen LogP contribution in [0.15, 0.2) is 29.2 Å². The minimum atomic E-state index is -3.18. The largest absolute Gasteiger partial charge is 0.342 e. The van der Waals surface area contributed by atoms with Crippen molar-refractivity contribution in [3.8, 4) is 0 Å². The van der Waals surface area contributed by atoms with E-state index in [-0.39, 0.29) is 11.9 Å². The molecule has 140 valence electrons. The van der Waals surface area contributed by atoms with Gasteiger partial charge in [-0.1, -0.05) is 31.4 Å². The molecule has 0 aromatic heterocycles. The Balaban J connectivity index is 1.97. The second-order valence-corrected chi connectivity index (χ2v) is 9.24. The Morgan fingerprint density at radius 2 is 1.68 bits per heavy atom. The molecule has 0 N–H and O–H groups in total. The predicted molar refractivity (Wildman–Crippen MR) is 100 cm³/mol. The minimum absolute atomic E-state index is 0.0392. The number of benzene rings is 1. The van der Waals surface area contributed by atoms with Crippen LogP contribution in [0.3, 0.4) is 0 Å². The number of carbonyl (C=O) groups excluding carboxylic acids is 1. The first kappa shape index (κ1) is 19.9. The van der Waals surface area contributed by atoms with Gasteiger partial charge < -0.3 is 4.90 Å². The highest BCUT2D eigenvalue weighted by atomic mass is 32.2. The van der Waals surface area contributed by atoms with Gasteiger partial charge in [0.05, 0.1) is 11.4 Å². The van der Waals surface area contributed by atoms with E-state index in [0.717, 1.165) is 18.4 Å². The SMILES string of the molecule is C[C@H](c1ccc(S(C)(=O)=O)cc1)N(C)CC(=O)N(C)C1CCCCC1. The number of carbonyl (C=O) groups is 1. The van der Waals surface area contributed by atoms with Gasteiger partial charge in [-0.3, -0.25) is 9.69 Å². The summed E-state index contributed by atoms with van der Waals surface area (Å²) < 4.78 is 23.1. The van der Waals surface area contributed by atoms with Gasteiger partial charge in [0.15, 0.2) is 9.84 Å². The lowest BCUT2D eigenvalue weighted by atomic mass is 9.94. The summed E-state index contributed by atoms with van der Waals surface area (Å²) in [6, 6.07) is 7.33. The molecule has 1 amide bonds. The van der Waals surface area contributed by atoms with Gasteiger partial charge in [0.1, 0.15) is 0 Å². The van der Waals surface area contributed by atoms with Crippen LogP contribution in [0.25, 0.3) is 0 Å². The van der Waals surface area contributed by atoms with E-state index in [4.69, 9.17) is 0 Å². The first-order valence-electron chi connectivity index (χ1n) is 8.96. The number of hydrogen-bond acceptors (Lipinski definition) is 4. The van der Waals surface area contributed by atoms with Crippen LogP contribution in [0.1, 0.15) is 50.6 Å². The molecular formula is C19H30N2O3S. The maximum Gasteiger partial charge on any atom is 0.236 e. The number of amides is 1. The lowest BCUT2D eigenvalue weighted by molar-refractivity contribution is -0.133. The molecule has 0 aliphatic heterocycles. The molecule has 25 heavy (non-hydrogen) atoms. The molecule has 2 rings (SSSR count). The topological polar surface area (TPSA) is 57.7 Å². The fraction of sp³-hybridized carbons (Fsp3) is 0.632. The second kappa shape index (κ2) is 8.32. The van der Waals surface area contributed by atoms with E-state index in [0.29, 0.717) is 17.5 Å². The maximum atomic E-state index is 12.6. The normalized spacial score (nSPS) is 17.5. The zero-order chi connectivity index (χ0) is 18.6. The Kier molecular flexibility index (Phi) is 6.63. The summed E-state index contributed by atoms with van der Waals surface area (Å²) in [5, 5.41) is 0. The third-order valence-corrected chi connectivity index (χ3v) is 6.48. The highest BCUT2D eigenvalue weighted by molar-refractivity contribution is 7.90. The van der Waals surface area contributed by atoms with Crippen LogP contribution in [0.5, 0.6) is 0 Å². The number of nitrogens with zero attached hydrogens (tertiary/aromatic N) is 2. The first-order chi connectivity index (χ1) is 11.7. The number of rotatable bonds is 6. The molecule has 1 aromatic carbocycles. The molecule has 0 saturated heterocycles. The predicted octanol–water partition coefficient (Wildman–Crippen LogP) is 2.87. The van der Waals surface area contributed by atoms with Crippen molar-refractivity contribution in [2.45, 2.75) is 56.0 Å². The van der Waals surface area contributed by atoms with Crippen molar-refractivity contribution in [1.29, 1.82) is 0 Å². The molecule has 6 heteroatoms. The third kappa shape index (κ3) is 5.28. The van der Waals surface area contributed by atoms with Crippen molar-refractivity contribution in [3.63, 3.8) is 0 Å². The van der Waals surface area contributed by atoms with Crippen LogP contribution in [-0.2, 0) is 14.6 Å². The summed E-state index contributed by atoms with van der Waals surface area (Å²) in [6.45, 7) is 2.39. The maximum absolute atomic E-state index is 12.6. The van der Waals surface area contributed by atoms with Gasteiger partial charge in [-0.15, -0.1) is 0 Å². The van der Waals surface area contributed by atoms with Crippen LogP contribution in [0, 0.1) is 0 Å². The summed E-state index contributed by atoms with van der Waals surface area (Å²) in [4.78, 5) is 16.8. The molecule has 5 nitrogen and oxygen atoms in total. The van der Waals surface area contributed by atoms with Crippen molar-refractivity contribution in [2.75, 3.05) is 26.9 Å². The zero-order valence-corrected chi connectivity index (χ0v) is 16.6. The number of likely N-dealkylation sites (N-methyl/N-ethyl adjacent to an activating group) is 2. The minimum Gasteiger partial charge on any atom is -0.342 e. The lowest BCUT2D eigenvalue weighted by Gasteiger charge is -2.33. The molecular weight excluding hydrogens is 336 g/mol. The van der Waals surface area contributed by atoms with Crippen molar-refractivity contribution >= 4 is 15.7 Å². The highest BCUT2D eigenvalue weighted by Crippen LogP contribution is 2.23. The molecule has 1 aliphatic carbocycles. The molecule has 0 heterocycles. The summed E-state index contributed by atoms with van der Waals surface area (Å²) in [7, 11) is 0.664. The molecule has 0 unspecified atom stereocenters. The molecule has 1 aromatic rings. The molecule has 0 spiro atoms. The Labute approximate surface area is 151 Å². The van der Waals surface area contributed by atoms with Gasteiger partial charge in [-0.05, 0) is 44.5 Å². The smallest absolute Gasteiger partial charge is 0.236 e. The molecule has 0 bridgehead atoms. The molecule has 1 atom stereocenters. The van der Waals surface area contributed by atoms with Gasteiger partial charge in [-0.25, -0.2) is 8.42 Å². The van der Waals surface area contributed by atoms with Crippen LogP contribution in [0.4, 0.5) is 0 Å². The van der Waals surface area contributed by atoms with E-state index in [1.807, 2.05) is 43.0 Å². The zero-order valence-electron chi connectivity index (χ0n) is 15.7. The number of hydrogen-bond donors (Lipinski definition) is 0. The van der Waals surface area contributed by atoms with Gasteiger partial charge in [0, 0.05) is 25.4 Å². The fourth-order valence-corrected chi connectivity index (χ4v) is 4.01. The lowest BCUT2D eigenvalue weighted by Crippen LogP contribution is -2.43. The third-order valence-electron chi connectivity index (χ3n) is 5.35. The van der Waals surface area contributed by atoms with E-state index in [2.05, 4.69) is 0 Å². The molecule has 1 fully saturated rings. The standard InChI is InChI=1S/C19H30N2O3S/c1-15(16-10-12-18(13-11-16)25(4,23)24)20(2)14-19(22)21(3)17-8-6-5-7-9-17/h10-13,15,17H,5-9,14H2,1-4H3/t15-/m1/s1. The van der Waals surface area contributed by atoms with Crippen LogP contribution in [0.2, 0.25) is 0 Å². The van der Waals surface area contributed by atoms with Crippen molar-refractivity contribution in [1.82, 2.24) is 9.80 Å². The van der Waals surface area contributed by atoms with Crippen LogP contribution >= 0.6 is 0 Å². The molecule has 1 saturated carbocycles. The van der Waals surface area contributed by atoms with Gasteiger partial charge in [-0.2, -0.15) is 0 Å². The summed E-state index contributed by atoms with van der Waals surface area (Å²) in [5.41, 5.74) is 1.00. The summed E-state index contributed by atoms with van der Waals surface area (Å²) in [6.07, 6.45) is 7.11. The molecule has 0 radical (unpaired) electrons. The average molecular weight is 367 g/mol. The quantitative estimate of drug-likeness (QED) is 0.777. The van der Waals surface area contributed by atoms with Gasteiger partial charge in [0.25, 0.3) is 0 Å². The average Bonchev–Trinajstić information content (AvgIpc) is 2.60. The van der Waals surface area contributed by atoms with E-state index >= 15 is 0 Å². The monoisotopic (exact) mass is 366 g/mol. The first-order valence-corrected chi connectivity index (χ1v) is 10.8. The fourth-order valence-electron chi connectivity index (χ4n) is 3.38. The van der Waals surface area contributed by atoms with E-state index in [1.165, 1.54) is 25.5 Å². The van der Waals surface area contributed by atoms with E-state index < -0.39 is 9.84 Å². The van der Waals surface area contributed by atoms with Gasteiger partial charge >= 0.3 is 0 Å². The van der Waals surface area contributed by atoms with Crippen molar-refractivity contribution in [2.24, 2.45) is 0 Å². The Morgan fingerprint density at radius 1 is 1.12 bits per heavy atom. The highest BCUT2D eigenvalue weighted by Gasteiger charge is 2.24. The summed E-state index contributed by atoms with van der Waals surface area (Å²) >= 11 is 0. The van der Waals surface area contributed by atoms with Crippen molar-refractivity contribution in [3.05, 3.63) is 29.8 Å². The Morgan fingerprint density at radius 3 is 2.20 bits per heavy atom. The van der Waals surface area contributed by atoms with E-state index in [1.54, 1.807) is 12.1 Å². The van der Waals surface area contributed by atoms with E-state index in [9.17, 15) is 13.2 Å².